The number of phenols is 1. The lowest BCUT2D eigenvalue weighted by Gasteiger charge is -2.09. The summed E-state index contributed by atoms with van der Waals surface area (Å²) in [4.78, 5) is 11.9. The molecule has 0 saturated heterocycles. The SMILES string of the molecule is CCn1ncc(NCc2ccc(O)cc2)c(Br)c1=O. The van der Waals surface area contributed by atoms with Crippen LogP contribution in [0.1, 0.15) is 12.5 Å². The maximum atomic E-state index is 11.9. The number of nitrogens with one attached hydrogen (secondary N) is 1. The molecular formula is C13H14BrN3O2. The summed E-state index contributed by atoms with van der Waals surface area (Å²) in [7, 11) is 0. The third-order valence-corrected chi connectivity index (χ3v) is 3.47. The van der Waals surface area contributed by atoms with Gasteiger partial charge in [-0.1, -0.05) is 12.1 Å². The zero-order chi connectivity index (χ0) is 13.8. The summed E-state index contributed by atoms with van der Waals surface area (Å²) >= 11 is 3.28. The van der Waals surface area contributed by atoms with Gasteiger partial charge in [0.05, 0.1) is 11.9 Å². The molecule has 1 heterocycles. The first kappa shape index (κ1) is 13.6. The minimum absolute atomic E-state index is 0.154. The van der Waals surface area contributed by atoms with Crippen LogP contribution in [0.4, 0.5) is 5.69 Å². The number of nitrogens with zero attached hydrogens (tertiary/aromatic N) is 2. The molecule has 2 rings (SSSR count). The molecule has 0 unspecified atom stereocenters. The van der Waals surface area contributed by atoms with E-state index >= 15 is 0 Å². The fourth-order valence-electron chi connectivity index (χ4n) is 1.62. The van der Waals surface area contributed by atoms with E-state index < -0.39 is 0 Å². The summed E-state index contributed by atoms with van der Waals surface area (Å²) in [5, 5.41) is 16.4. The highest BCUT2D eigenvalue weighted by molar-refractivity contribution is 9.10. The van der Waals surface area contributed by atoms with Crippen molar-refractivity contribution in [3.05, 3.63) is 50.9 Å². The molecule has 0 amide bonds. The van der Waals surface area contributed by atoms with Crippen LogP contribution in [0.15, 0.2) is 39.7 Å². The second-order valence-corrected chi connectivity index (χ2v) is 4.81. The number of hydrogen-bond acceptors (Lipinski definition) is 4. The molecule has 0 spiro atoms. The number of aromatic hydroxyl groups is 1. The van der Waals surface area contributed by atoms with Crippen LogP contribution >= 0.6 is 15.9 Å². The predicted molar refractivity (Wildman–Crippen MR) is 77.3 cm³/mol. The monoisotopic (exact) mass is 323 g/mol. The molecule has 0 bridgehead atoms. The number of rotatable bonds is 4. The fraction of sp³-hybridized carbons (Fsp3) is 0.231. The number of halogens is 1. The normalized spacial score (nSPS) is 10.4. The summed E-state index contributed by atoms with van der Waals surface area (Å²) in [5.74, 6) is 0.233. The molecular weight excluding hydrogens is 310 g/mol. The largest absolute Gasteiger partial charge is 0.508 e. The molecule has 0 aliphatic carbocycles. The van der Waals surface area contributed by atoms with Crippen molar-refractivity contribution in [2.75, 3.05) is 5.32 Å². The number of aryl methyl sites for hydroxylation is 1. The van der Waals surface area contributed by atoms with E-state index in [1.807, 2.05) is 19.1 Å². The van der Waals surface area contributed by atoms with E-state index in [1.54, 1.807) is 18.3 Å². The average molecular weight is 324 g/mol. The Bertz CT molecular complexity index is 623. The molecule has 0 atom stereocenters. The van der Waals surface area contributed by atoms with E-state index in [2.05, 4.69) is 26.3 Å². The first-order valence-corrected chi connectivity index (χ1v) is 6.68. The van der Waals surface area contributed by atoms with Crippen molar-refractivity contribution in [2.45, 2.75) is 20.0 Å². The lowest BCUT2D eigenvalue weighted by molar-refractivity contribution is 0.475. The molecule has 1 aromatic carbocycles. The lowest BCUT2D eigenvalue weighted by atomic mass is 10.2. The molecule has 0 saturated carbocycles. The van der Waals surface area contributed by atoms with Crippen molar-refractivity contribution < 1.29 is 5.11 Å². The van der Waals surface area contributed by atoms with Gasteiger partial charge in [0.15, 0.2) is 0 Å². The molecule has 2 N–H and O–H groups in total. The zero-order valence-corrected chi connectivity index (χ0v) is 12.0. The number of anilines is 1. The van der Waals surface area contributed by atoms with Crippen LogP contribution in [0.3, 0.4) is 0 Å². The molecule has 0 aliphatic rings. The molecule has 19 heavy (non-hydrogen) atoms. The highest BCUT2D eigenvalue weighted by Crippen LogP contribution is 2.17. The highest BCUT2D eigenvalue weighted by atomic mass is 79.9. The van der Waals surface area contributed by atoms with E-state index in [0.29, 0.717) is 23.2 Å². The minimum Gasteiger partial charge on any atom is -0.508 e. The summed E-state index contributed by atoms with van der Waals surface area (Å²) < 4.78 is 1.86. The molecule has 6 heteroatoms. The van der Waals surface area contributed by atoms with E-state index in [4.69, 9.17) is 0 Å². The van der Waals surface area contributed by atoms with Gasteiger partial charge in [-0.25, -0.2) is 4.68 Å². The van der Waals surface area contributed by atoms with Crippen LogP contribution in [-0.2, 0) is 13.1 Å². The van der Waals surface area contributed by atoms with E-state index in [9.17, 15) is 9.90 Å². The van der Waals surface area contributed by atoms with Gasteiger partial charge >= 0.3 is 0 Å². The van der Waals surface area contributed by atoms with Crippen molar-refractivity contribution >= 4 is 21.6 Å². The van der Waals surface area contributed by atoms with Gasteiger partial charge in [0, 0.05) is 13.1 Å². The van der Waals surface area contributed by atoms with Gasteiger partial charge < -0.3 is 10.4 Å². The summed E-state index contributed by atoms with van der Waals surface area (Å²) in [6.07, 6.45) is 1.62. The summed E-state index contributed by atoms with van der Waals surface area (Å²) in [5.41, 5.74) is 1.50. The second-order valence-electron chi connectivity index (χ2n) is 4.01. The minimum atomic E-state index is -0.154. The Kier molecular flexibility index (Phi) is 4.21. The lowest BCUT2D eigenvalue weighted by Crippen LogP contribution is -2.23. The van der Waals surface area contributed by atoms with Crippen LogP contribution in [0.25, 0.3) is 0 Å². The van der Waals surface area contributed by atoms with Crippen LogP contribution < -0.4 is 10.9 Å². The van der Waals surface area contributed by atoms with Gasteiger partial charge in [-0.3, -0.25) is 4.79 Å². The van der Waals surface area contributed by atoms with Crippen LogP contribution in [0.2, 0.25) is 0 Å². The fourth-order valence-corrected chi connectivity index (χ4v) is 2.07. The number of benzene rings is 1. The summed E-state index contributed by atoms with van der Waals surface area (Å²) in [6, 6.07) is 6.88. The van der Waals surface area contributed by atoms with E-state index in [-0.39, 0.29) is 11.3 Å². The third-order valence-electron chi connectivity index (χ3n) is 2.70. The van der Waals surface area contributed by atoms with Gasteiger partial charge in [0.1, 0.15) is 10.2 Å². The maximum Gasteiger partial charge on any atom is 0.283 e. The topological polar surface area (TPSA) is 67.2 Å². The predicted octanol–water partition coefficient (Wildman–Crippen LogP) is 2.34. The van der Waals surface area contributed by atoms with Gasteiger partial charge in [-0.2, -0.15) is 5.10 Å². The maximum absolute atomic E-state index is 11.9. The van der Waals surface area contributed by atoms with Crippen molar-refractivity contribution in [3.8, 4) is 5.75 Å². The Hall–Kier alpha value is -1.82. The first-order chi connectivity index (χ1) is 9.11. The number of phenolic OH excluding ortho intramolecular Hbond substituents is 1. The van der Waals surface area contributed by atoms with E-state index in [1.165, 1.54) is 4.68 Å². The standard InChI is InChI=1S/C13H14BrN3O2/c1-2-17-13(19)12(14)11(8-16-17)15-7-9-3-5-10(18)6-4-9/h3-6,8,15,18H,2,7H2,1H3. The van der Waals surface area contributed by atoms with Crippen LogP contribution in [-0.4, -0.2) is 14.9 Å². The highest BCUT2D eigenvalue weighted by Gasteiger charge is 2.07. The van der Waals surface area contributed by atoms with Gasteiger partial charge in [-0.15, -0.1) is 0 Å². The Morgan fingerprint density at radius 1 is 1.37 bits per heavy atom. The van der Waals surface area contributed by atoms with Gasteiger partial charge in [0.2, 0.25) is 0 Å². The molecule has 0 aliphatic heterocycles. The van der Waals surface area contributed by atoms with E-state index in [0.717, 1.165) is 5.56 Å². The second kappa shape index (κ2) is 5.88. The Balaban J connectivity index is 2.14. The van der Waals surface area contributed by atoms with Crippen molar-refractivity contribution in [3.63, 3.8) is 0 Å². The van der Waals surface area contributed by atoms with Crippen LogP contribution in [0, 0.1) is 0 Å². The molecule has 100 valence electrons. The Morgan fingerprint density at radius 3 is 2.68 bits per heavy atom. The quantitative estimate of drug-likeness (QED) is 0.906. The van der Waals surface area contributed by atoms with Gasteiger partial charge in [0.25, 0.3) is 5.56 Å². The van der Waals surface area contributed by atoms with Crippen molar-refractivity contribution in [2.24, 2.45) is 0 Å². The Labute approximate surface area is 119 Å². The number of hydrogen-bond donors (Lipinski definition) is 2. The zero-order valence-electron chi connectivity index (χ0n) is 10.4. The molecule has 2 aromatic rings. The van der Waals surface area contributed by atoms with Crippen LogP contribution in [0.5, 0.6) is 5.75 Å². The summed E-state index contributed by atoms with van der Waals surface area (Å²) in [6.45, 7) is 2.95. The van der Waals surface area contributed by atoms with Crippen molar-refractivity contribution in [1.29, 1.82) is 0 Å². The third kappa shape index (κ3) is 3.14. The molecule has 5 nitrogen and oxygen atoms in total. The smallest absolute Gasteiger partial charge is 0.283 e. The average Bonchev–Trinajstić information content (AvgIpc) is 2.42. The van der Waals surface area contributed by atoms with Gasteiger partial charge in [-0.05, 0) is 40.5 Å². The molecule has 1 aromatic heterocycles. The number of aromatic nitrogens is 2. The molecule has 0 radical (unpaired) electrons. The first-order valence-electron chi connectivity index (χ1n) is 5.89. The molecule has 0 fully saturated rings. The Morgan fingerprint density at radius 2 is 2.05 bits per heavy atom. The van der Waals surface area contributed by atoms with Crippen molar-refractivity contribution in [1.82, 2.24) is 9.78 Å².